The molecular formula is C37H55N5O7S. The second kappa shape index (κ2) is 16.1. The largest absolute Gasteiger partial charge is 0.348 e. The minimum Gasteiger partial charge on any atom is -0.348 e. The van der Waals surface area contributed by atoms with Crippen LogP contribution in [0.1, 0.15) is 85.1 Å². The molecule has 1 aliphatic heterocycles. The lowest BCUT2D eigenvalue weighted by atomic mass is 9.83. The van der Waals surface area contributed by atoms with Gasteiger partial charge >= 0.3 is 6.03 Å². The van der Waals surface area contributed by atoms with Crippen molar-refractivity contribution in [1.29, 1.82) is 0 Å². The fourth-order valence-corrected chi connectivity index (χ4v) is 8.89. The third kappa shape index (κ3) is 9.95. The average Bonchev–Trinajstić information content (AvgIpc) is 3.35. The van der Waals surface area contributed by atoms with Crippen molar-refractivity contribution in [3.63, 3.8) is 0 Å². The summed E-state index contributed by atoms with van der Waals surface area (Å²) in [4.78, 5) is 69.4. The number of carbonyl (C=O) groups excluding carboxylic acids is 5. The highest BCUT2D eigenvalue weighted by Crippen LogP contribution is 2.65. The van der Waals surface area contributed by atoms with Crippen LogP contribution in [0.5, 0.6) is 0 Å². The molecule has 5 amide bonds. The number of rotatable bonds is 15. The third-order valence-corrected chi connectivity index (χ3v) is 12.0. The summed E-state index contributed by atoms with van der Waals surface area (Å²) in [5.41, 5.74) is -0.0993. The number of likely N-dealkylation sites (tertiary alicyclic amines) is 1. The molecule has 1 heterocycles. The van der Waals surface area contributed by atoms with Crippen molar-refractivity contribution >= 4 is 39.4 Å². The quantitative estimate of drug-likeness (QED) is 0.160. The van der Waals surface area contributed by atoms with Crippen LogP contribution < -0.4 is 21.3 Å². The molecule has 4 N–H and O–H groups in total. The number of amides is 5. The van der Waals surface area contributed by atoms with Crippen LogP contribution in [0.3, 0.4) is 0 Å². The van der Waals surface area contributed by atoms with Gasteiger partial charge in [0.1, 0.15) is 12.1 Å². The van der Waals surface area contributed by atoms with E-state index in [1.807, 2.05) is 20.8 Å². The number of hydrogen-bond acceptors (Lipinski definition) is 7. The van der Waals surface area contributed by atoms with E-state index in [1.165, 1.54) is 0 Å². The summed E-state index contributed by atoms with van der Waals surface area (Å²) in [5.74, 6) is -3.44. The van der Waals surface area contributed by atoms with Gasteiger partial charge in [-0.3, -0.25) is 19.2 Å². The fourth-order valence-electron chi connectivity index (χ4n) is 7.63. The SMILES string of the molecule is C=CCC[C@@H](NC(=O)[C@@H]1C2[C@H](CN1C(=O)[C@@H](NC(=O)NC(C)(C)C)C1CCCCC1)C2(C)C)C(=O)C(=O)NCCS(=O)(=O)Cc1ccccc1. The Morgan fingerprint density at radius 1 is 1.02 bits per heavy atom. The van der Waals surface area contributed by atoms with Crippen molar-refractivity contribution in [2.45, 2.75) is 109 Å². The van der Waals surface area contributed by atoms with Crippen molar-refractivity contribution in [1.82, 2.24) is 26.2 Å². The second-order valence-electron chi connectivity index (χ2n) is 15.7. The van der Waals surface area contributed by atoms with Gasteiger partial charge in [0.15, 0.2) is 9.84 Å². The molecule has 3 aliphatic rings. The van der Waals surface area contributed by atoms with Gasteiger partial charge in [0.05, 0.1) is 17.5 Å². The van der Waals surface area contributed by atoms with Gasteiger partial charge in [0.25, 0.3) is 5.91 Å². The number of nitrogens with zero attached hydrogens (tertiary/aromatic N) is 1. The van der Waals surface area contributed by atoms with E-state index in [-0.39, 0.29) is 53.5 Å². The number of sulfone groups is 1. The molecule has 0 spiro atoms. The molecule has 2 saturated carbocycles. The van der Waals surface area contributed by atoms with E-state index in [4.69, 9.17) is 0 Å². The molecule has 0 radical (unpaired) electrons. The summed E-state index contributed by atoms with van der Waals surface area (Å²) in [6.45, 7) is 13.5. The number of piperidine rings is 1. The number of nitrogens with one attached hydrogen (secondary N) is 4. The topological polar surface area (TPSA) is 171 Å². The lowest BCUT2D eigenvalue weighted by Gasteiger charge is -2.37. The fraction of sp³-hybridized carbons (Fsp3) is 0.649. The molecule has 276 valence electrons. The van der Waals surface area contributed by atoms with E-state index in [1.54, 1.807) is 41.3 Å². The maximum absolute atomic E-state index is 14.4. The Labute approximate surface area is 296 Å². The Morgan fingerprint density at radius 2 is 1.68 bits per heavy atom. The zero-order valence-electron chi connectivity index (χ0n) is 30.1. The van der Waals surface area contributed by atoms with Crippen molar-refractivity contribution in [2.24, 2.45) is 23.2 Å². The van der Waals surface area contributed by atoms with E-state index < -0.39 is 57.1 Å². The molecule has 3 fully saturated rings. The first kappa shape index (κ1) is 39.1. The van der Waals surface area contributed by atoms with Gasteiger partial charge in [-0.15, -0.1) is 6.58 Å². The van der Waals surface area contributed by atoms with Gasteiger partial charge in [0.2, 0.25) is 17.6 Å². The monoisotopic (exact) mass is 713 g/mol. The highest BCUT2D eigenvalue weighted by atomic mass is 32.2. The maximum Gasteiger partial charge on any atom is 0.315 e. The van der Waals surface area contributed by atoms with Crippen molar-refractivity contribution < 1.29 is 32.4 Å². The number of hydrogen-bond donors (Lipinski definition) is 4. The molecule has 1 saturated heterocycles. The van der Waals surface area contributed by atoms with Gasteiger partial charge < -0.3 is 26.2 Å². The molecule has 2 aliphatic carbocycles. The number of carbonyl (C=O) groups is 5. The molecule has 1 aromatic rings. The van der Waals surface area contributed by atoms with E-state index in [2.05, 4.69) is 41.7 Å². The first-order valence-electron chi connectivity index (χ1n) is 17.8. The summed E-state index contributed by atoms with van der Waals surface area (Å²) in [7, 11) is -3.56. The Morgan fingerprint density at radius 3 is 2.30 bits per heavy atom. The molecular weight excluding hydrogens is 659 g/mol. The van der Waals surface area contributed by atoms with E-state index in [0.29, 0.717) is 18.5 Å². The summed E-state index contributed by atoms with van der Waals surface area (Å²) >= 11 is 0. The highest BCUT2D eigenvalue weighted by Gasteiger charge is 2.69. The summed E-state index contributed by atoms with van der Waals surface area (Å²) < 4.78 is 25.2. The minimum absolute atomic E-state index is 0.0704. The van der Waals surface area contributed by atoms with Gasteiger partial charge in [0, 0.05) is 18.6 Å². The summed E-state index contributed by atoms with van der Waals surface area (Å²) in [6.07, 6.45) is 6.56. The van der Waals surface area contributed by atoms with Gasteiger partial charge in [-0.05, 0) is 75.2 Å². The van der Waals surface area contributed by atoms with Crippen LogP contribution in [0, 0.1) is 23.2 Å². The number of allylic oxidation sites excluding steroid dienone is 1. The van der Waals surface area contributed by atoms with Crippen LogP contribution in [0.15, 0.2) is 43.0 Å². The second-order valence-corrected chi connectivity index (χ2v) is 17.9. The van der Waals surface area contributed by atoms with Gasteiger partial charge in [-0.2, -0.15) is 0 Å². The van der Waals surface area contributed by atoms with Crippen LogP contribution in [0.25, 0.3) is 0 Å². The standard InChI is InChI=1S/C37H55N5O7S/c1-7-8-19-27(31(43)33(45)38-20-21-50(48,49)23-24-15-11-9-12-16-24)39-32(44)30-28-26(37(28,5)6)22-42(30)34(46)29(25-17-13-10-14-18-25)40-35(47)41-36(2,3)4/h7,9,11-12,15-16,25-30H,1,8,10,13-14,17-23H2,2-6H3,(H,38,45)(H,39,44)(H2,40,41,47)/t26-,27+,28?,29-,30-/m0/s1. The zero-order valence-corrected chi connectivity index (χ0v) is 30.9. The Bertz CT molecular complexity index is 1530. The maximum atomic E-state index is 14.4. The zero-order chi connectivity index (χ0) is 36.9. The van der Waals surface area contributed by atoms with Gasteiger partial charge in [-0.1, -0.05) is 69.5 Å². The first-order chi connectivity index (χ1) is 23.4. The van der Waals surface area contributed by atoms with Crippen LogP contribution in [0.4, 0.5) is 4.79 Å². The van der Waals surface area contributed by atoms with Crippen molar-refractivity contribution in [2.75, 3.05) is 18.8 Å². The summed E-state index contributed by atoms with van der Waals surface area (Å²) in [6, 6.07) is 5.34. The predicted octanol–water partition coefficient (Wildman–Crippen LogP) is 3.27. The predicted molar refractivity (Wildman–Crippen MR) is 191 cm³/mol. The average molecular weight is 714 g/mol. The molecule has 5 atom stereocenters. The molecule has 12 nitrogen and oxygen atoms in total. The van der Waals surface area contributed by atoms with Crippen molar-refractivity contribution in [3.05, 3.63) is 48.6 Å². The number of urea groups is 1. The lowest BCUT2D eigenvalue weighted by Crippen LogP contribution is -2.61. The van der Waals surface area contributed by atoms with Crippen LogP contribution >= 0.6 is 0 Å². The number of ketones is 1. The van der Waals surface area contributed by atoms with E-state index in [0.717, 1.165) is 32.1 Å². The van der Waals surface area contributed by atoms with E-state index >= 15 is 0 Å². The van der Waals surface area contributed by atoms with Crippen LogP contribution in [0.2, 0.25) is 0 Å². The molecule has 50 heavy (non-hydrogen) atoms. The molecule has 1 unspecified atom stereocenters. The molecule has 13 heteroatoms. The molecule has 0 aromatic heterocycles. The van der Waals surface area contributed by atoms with Crippen LogP contribution in [-0.2, 0) is 34.8 Å². The highest BCUT2D eigenvalue weighted by molar-refractivity contribution is 7.90. The lowest BCUT2D eigenvalue weighted by molar-refractivity contribution is -0.144. The Kier molecular flexibility index (Phi) is 12.6. The molecule has 4 rings (SSSR count). The Balaban J connectivity index is 1.46. The van der Waals surface area contributed by atoms with Crippen molar-refractivity contribution in [3.8, 4) is 0 Å². The first-order valence-corrected chi connectivity index (χ1v) is 19.6. The van der Waals surface area contributed by atoms with Gasteiger partial charge in [-0.25, -0.2) is 13.2 Å². The Hall–Kier alpha value is -3.74. The molecule has 1 aromatic carbocycles. The summed E-state index contributed by atoms with van der Waals surface area (Å²) in [5, 5.41) is 11.0. The normalized spacial score (nSPS) is 22.7. The van der Waals surface area contributed by atoms with Crippen LogP contribution in [-0.4, -0.2) is 85.4 Å². The number of benzene rings is 1. The van der Waals surface area contributed by atoms with E-state index in [9.17, 15) is 32.4 Å². The number of Topliss-reactive ketones (excluding diaryl/α,β-unsaturated/α-hetero) is 1. The minimum atomic E-state index is -3.56. The molecule has 0 bridgehead atoms. The third-order valence-electron chi connectivity index (χ3n) is 10.4. The smallest absolute Gasteiger partial charge is 0.315 e. The number of fused-ring (bicyclic) bond motifs is 1.